The number of hydrogen-bond acceptors (Lipinski definition) is 3. The van der Waals surface area contributed by atoms with E-state index in [4.69, 9.17) is 5.11 Å². The smallest absolute Gasteiger partial charge is 0.307 e. The lowest BCUT2D eigenvalue weighted by molar-refractivity contribution is -0.142. The van der Waals surface area contributed by atoms with Crippen molar-refractivity contribution >= 4 is 5.97 Å². The first kappa shape index (κ1) is 12.5. The van der Waals surface area contributed by atoms with Crippen LogP contribution in [0.25, 0.3) is 0 Å². The van der Waals surface area contributed by atoms with Crippen molar-refractivity contribution in [3.05, 3.63) is 0 Å². The highest BCUT2D eigenvalue weighted by atomic mass is 16.4. The van der Waals surface area contributed by atoms with Gasteiger partial charge in [-0.2, -0.15) is 0 Å². The van der Waals surface area contributed by atoms with Gasteiger partial charge in [-0.25, -0.2) is 0 Å². The maximum atomic E-state index is 10.7. The van der Waals surface area contributed by atoms with E-state index < -0.39 is 5.97 Å². The van der Waals surface area contributed by atoms with Crippen LogP contribution >= 0.6 is 0 Å². The van der Waals surface area contributed by atoms with Gasteiger partial charge in [0, 0.05) is 32.2 Å². The van der Waals surface area contributed by atoms with Gasteiger partial charge >= 0.3 is 5.97 Å². The molecule has 0 aromatic rings. The van der Waals surface area contributed by atoms with Crippen LogP contribution in [0.1, 0.15) is 20.8 Å². The highest BCUT2D eigenvalue weighted by molar-refractivity contribution is 5.69. The summed E-state index contributed by atoms with van der Waals surface area (Å²) < 4.78 is 0. The summed E-state index contributed by atoms with van der Waals surface area (Å²) in [6.45, 7) is 11.0. The number of aliphatic carboxylic acids is 1. The maximum absolute atomic E-state index is 10.7. The lowest BCUT2D eigenvalue weighted by Crippen LogP contribution is -2.52. The Labute approximate surface area is 91.9 Å². The Morgan fingerprint density at radius 1 is 1.53 bits per heavy atom. The summed E-state index contributed by atoms with van der Waals surface area (Å²) in [4.78, 5) is 15.4. The Bertz CT molecular complexity index is 221. The molecule has 4 heteroatoms. The van der Waals surface area contributed by atoms with Crippen LogP contribution in [0.5, 0.6) is 0 Å². The summed E-state index contributed by atoms with van der Waals surface area (Å²) in [6.07, 6.45) is 0. The summed E-state index contributed by atoms with van der Waals surface area (Å²) in [7, 11) is 0. The van der Waals surface area contributed by atoms with E-state index in [-0.39, 0.29) is 5.92 Å². The largest absolute Gasteiger partial charge is 0.481 e. The molecule has 1 aliphatic heterocycles. The van der Waals surface area contributed by atoms with E-state index in [1.54, 1.807) is 6.92 Å². The van der Waals surface area contributed by atoms with E-state index in [2.05, 4.69) is 23.6 Å². The third-order valence-corrected chi connectivity index (χ3v) is 3.21. The molecule has 0 aromatic heterocycles. The number of likely N-dealkylation sites (N-methyl/N-ethyl adjacent to an activating group) is 1. The fourth-order valence-corrected chi connectivity index (χ4v) is 2.17. The predicted octanol–water partition coefficient (Wildman–Crippen LogP) is 0.733. The molecule has 0 aromatic carbocycles. The molecule has 0 aliphatic carbocycles. The van der Waals surface area contributed by atoms with Crippen LogP contribution in [0, 0.1) is 5.92 Å². The molecule has 4 nitrogen and oxygen atoms in total. The van der Waals surface area contributed by atoms with E-state index in [1.165, 1.54) is 0 Å². The van der Waals surface area contributed by atoms with Crippen molar-refractivity contribution in [1.82, 2.24) is 9.80 Å². The van der Waals surface area contributed by atoms with Crippen molar-refractivity contribution in [3.8, 4) is 0 Å². The van der Waals surface area contributed by atoms with Crippen molar-refractivity contribution in [1.29, 1.82) is 0 Å². The number of carboxylic acids is 1. The quantitative estimate of drug-likeness (QED) is 0.749. The molecule has 0 radical (unpaired) electrons. The van der Waals surface area contributed by atoms with Crippen LogP contribution < -0.4 is 0 Å². The van der Waals surface area contributed by atoms with Gasteiger partial charge in [-0.15, -0.1) is 0 Å². The van der Waals surface area contributed by atoms with E-state index in [9.17, 15) is 4.79 Å². The Kier molecular flexibility index (Phi) is 4.54. The minimum absolute atomic E-state index is 0.259. The van der Waals surface area contributed by atoms with Gasteiger partial charge in [0.05, 0.1) is 5.92 Å². The fourth-order valence-electron chi connectivity index (χ4n) is 2.17. The second kappa shape index (κ2) is 5.47. The average molecular weight is 214 g/mol. The molecule has 2 unspecified atom stereocenters. The molecule has 1 aliphatic rings. The monoisotopic (exact) mass is 214 g/mol. The van der Waals surface area contributed by atoms with Crippen molar-refractivity contribution in [2.75, 3.05) is 32.7 Å². The van der Waals surface area contributed by atoms with Crippen molar-refractivity contribution in [3.63, 3.8) is 0 Å². The number of carboxylic acid groups (broad SMARTS) is 1. The molecule has 1 N–H and O–H groups in total. The zero-order valence-corrected chi connectivity index (χ0v) is 9.94. The normalized spacial score (nSPS) is 26.5. The Morgan fingerprint density at radius 2 is 2.20 bits per heavy atom. The molecule has 0 amide bonds. The highest BCUT2D eigenvalue weighted by Gasteiger charge is 2.24. The molecule has 2 atom stereocenters. The maximum Gasteiger partial charge on any atom is 0.307 e. The molecular formula is C11H22N2O2. The summed E-state index contributed by atoms with van der Waals surface area (Å²) in [5.41, 5.74) is 0. The zero-order valence-electron chi connectivity index (χ0n) is 9.94. The van der Waals surface area contributed by atoms with Gasteiger partial charge in [0.25, 0.3) is 0 Å². The molecule has 1 saturated heterocycles. The molecule has 1 fully saturated rings. The van der Waals surface area contributed by atoms with Gasteiger partial charge in [0.2, 0.25) is 0 Å². The predicted molar refractivity (Wildman–Crippen MR) is 59.9 cm³/mol. The van der Waals surface area contributed by atoms with Crippen LogP contribution in [-0.4, -0.2) is 59.6 Å². The number of piperazine rings is 1. The highest BCUT2D eigenvalue weighted by Crippen LogP contribution is 2.10. The zero-order chi connectivity index (χ0) is 11.4. The Morgan fingerprint density at radius 3 is 2.67 bits per heavy atom. The van der Waals surface area contributed by atoms with Gasteiger partial charge in [-0.1, -0.05) is 13.8 Å². The van der Waals surface area contributed by atoms with E-state index >= 15 is 0 Å². The standard InChI is InChI=1S/C11H22N2O2/c1-4-13-6-5-12(8-10(13)3)7-9(2)11(14)15/h9-10H,4-8H2,1-3H3,(H,14,15). The Balaban J connectivity index is 2.37. The number of carbonyl (C=O) groups is 1. The molecule has 1 rings (SSSR count). The molecule has 1 heterocycles. The minimum Gasteiger partial charge on any atom is -0.481 e. The molecule has 15 heavy (non-hydrogen) atoms. The average Bonchev–Trinajstić information content (AvgIpc) is 2.18. The Hall–Kier alpha value is -0.610. The first-order valence-corrected chi connectivity index (χ1v) is 5.73. The molecule has 0 saturated carbocycles. The summed E-state index contributed by atoms with van der Waals surface area (Å²) in [5, 5.41) is 8.84. The summed E-state index contributed by atoms with van der Waals surface area (Å²) >= 11 is 0. The van der Waals surface area contributed by atoms with Crippen molar-refractivity contribution < 1.29 is 9.90 Å². The second-order valence-electron chi connectivity index (χ2n) is 4.48. The van der Waals surface area contributed by atoms with Gasteiger partial charge in [-0.3, -0.25) is 14.6 Å². The lowest BCUT2D eigenvalue weighted by Gasteiger charge is -2.39. The van der Waals surface area contributed by atoms with Crippen LogP contribution in [0.15, 0.2) is 0 Å². The van der Waals surface area contributed by atoms with Gasteiger partial charge in [0.15, 0.2) is 0 Å². The van der Waals surface area contributed by atoms with Crippen LogP contribution in [0.4, 0.5) is 0 Å². The van der Waals surface area contributed by atoms with E-state index in [1.807, 2.05) is 0 Å². The third kappa shape index (κ3) is 3.47. The second-order valence-corrected chi connectivity index (χ2v) is 4.48. The molecule has 0 spiro atoms. The van der Waals surface area contributed by atoms with Gasteiger partial charge in [0.1, 0.15) is 0 Å². The lowest BCUT2D eigenvalue weighted by atomic mass is 10.1. The topological polar surface area (TPSA) is 43.8 Å². The molecule has 88 valence electrons. The van der Waals surface area contributed by atoms with E-state index in [0.717, 1.165) is 26.2 Å². The minimum atomic E-state index is -0.694. The first-order valence-electron chi connectivity index (χ1n) is 5.73. The van der Waals surface area contributed by atoms with E-state index in [0.29, 0.717) is 12.6 Å². The summed E-state index contributed by atoms with van der Waals surface area (Å²) in [6, 6.07) is 0.546. The van der Waals surface area contributed by atoms with Crippen LogP contribution in [-0.2, 0) is 4.79 Å². The van der Waals surface area contributed by atoms with Crippen molar-refractivity contribution in [2.45, 2.75) is 26.8 Å². The molecule has 0 bridgehead atoms. The van der Waals surface area contributed by atoms with Gasteiger partial charge in [-0.05, 0) is 13.5 Å². The van der Waals surface area contributed by atoms with Crippen LogP contribution in [0.3, 0.4) is 0 Å². The third-order valence-electron chi connectivity index (χ3n) is 3.21. The number of rotatable bonds is 4. The number of hydrogen-bond donors (Lipinski definition) is 1. The number of nitrogens with zero attached hydrogens (tertiary/aromatic N) is 2. The SMILES string of the molecule is CCN1CCN(CC(C)C(=O)O)CC1C. The summed E-state index contributed by atoms with van der Waals surface area (Å²) in [5.74, 6) is -0.953. The fraction of sp³-hybridized carbons (Fsp3) is 0.909. The van der Waals surface area contributed by atoms with Gasteiger partial charge < -0.3 is 5.11 Å². The first-order chi connectivity index (χ1) is 7.04. The molecular weight excluding hydrogens is 192 g/mol. The van der Waals surface area contributed by atoms with Crippen LogP contribution in [0.2, 0.25) is 0 Å². The van der Waals surface area contributed by atoms with Crippen molar-refractivity contribution in [2.24, 2.45) is 5.92 Å².